The fourth-order valence-electron chi connectivity index (χ4n) is 8.01. The van der Waals surface area contributed by atoms with E-state index in [1.807, 2.05) is 0 Å². The largest absolute Gasteiger partial charge is 0.192 e. The van der Waals surface area contributed by atoms with Crippen LogP contribution in [0, 0.1) is 0 Å². The van der Waals surface area contributed by atoms with Crippen molar-refractivity contribution in [2.24, 2.45) is 0 Å². The maximum Gasteiger partial charge on any atom is 0.192 e. The second-order valence-electron chi connectivity index (χ2n) is 11.6. The van der Waals surface area contributed by atoms with Crippen LogP contribution in [-0.4, -0.2) is 16.1 Å². The molecule has 202 valence electrons. The zero-order chi connectivity index (χ0) is 28.4. The van der Waals surface area contributed by atoms with Crippen molar-refractivity contribution in [2.75, 3.05) is 0 Å². The molecular weight excluding hydrogens is 569 g/mol. The van der Waals surface area contributed by atoms with Crippen LogP contribution in [0.25, 0.3) is 22.3 Å². The van der Waals surface area contributed by atoms with Gasteiger partial charge in [-0.3, -0.25) is 0 Å². The van der Waals surface area contributed by atoms with Crippen molar-refractivity contribution in [3.63, 3.8) is 0 Å². The molecule has 2 aliphatic heterocycles. The summed E-state index contributed by atoms with van der Waals surface area (Å²) in [4.78, 5) is 0. The van der Waals surface area contributed by atoms with Gasteiger partial charge in [0.05, 0.1) is 0 Å². The molecule has 3 heteroatoms. The summed E-state index contributed by atoms with van der Waals surface area (Å²) in [6, 6.07) is 64.3. The van der Waals surface area contributed by atoms with Crippen molar-refractivity contribution in [1.82, 2.24) is 0 Å². The van der Waals surface area contributed by atoms with Gasteiger partial charge >= 0.3 is 0 Å². The third kappa shape index (κ3) is 3.19. The second-order valence-corrected chi connectivity index (χ2v) is 20.7. The first-order valence-corrected chi connectivity index (χ1v) is 19.8. The number of fused-ring (bicyclic) bond motifs is 7. The van der Waals surface area contributed by atoms with Gasteiger partial charge in [0.1, 0.15) is 0 Å². The summed E-state index contributed by atoms with van der Waals surface area (Å²) in [5, 5.41) is 8.90. The smallest absolute Gasteiger partial charge is 0.151 e. The highest BCUT2D eigenvalue weighted by atomic mass is 32.1. The Hall–Kier alpha value is -4.55. The summed E-state index contributed by atoms with van der Waals surface area (Å²) in [6.45, 7) is 0. The summed E-state index contributed by atoms with van der Waals surface area (Å²) in [5.74, 6) is 0. The van der Waals surface area contributed by atoms with Crippen LogP contribution in [0.4, 0.5) is 0 Å². The van der Waals surface area contributed by atoms with Gasteiger partial charge in [0, 0.05) is 20.1 Å². The molecule has 0 amide bonds. The summed E-state index contributed by atoms with van der Waals surface area (Å²) in [6.07, 6.45) is 0. The SMILES string of the molecule is c1ccc([Si]2(c3ccccc3)c3ccccc3-c3c2sc2c3-c3ccccc3[Si]2(c2ccccc2)c2ccccc2)cc1. The van der Waals surface area contributed by atoms with E-state index in [4.69, 9.17) is 0 Å². The first-order chi connectivity index (χ1) is 21.4. The molecule has 9 rings (SSSR count). The van der Waals surface area contributed by atoms with E-state index >= 15 is 0 Å². The molecule has 2 aliphatic rings. The minimum Gasteiger partial charge on any atom is -0.151 e. The third-order valence-corrected chi connectivity index (χ3v) is 22.0. The van der Waals surface area contributed by atoms with Crippen LogP contribution in [0.15, 0.2) is 170 Å². The molecule has 0 spiro atoms. The fourth-order valence-corrected chi connectivity index (χ4v) is 22.5. The standard InChI is InChI=1S/C40H28SSi2/c1-5-17-29(18-6-1)42(30-19-7-2-8-20-30)35-27-15-13-25-33(35)37-38-34-26-14-16-28-36(34)43(40(38)41-39(37)42,31-21-9-3-10-22-31)32-23-11-4-12-24-32/h1-28H. The van der Waals surface area contributed by atoms with Crippen LogP contribution < -0.4 is 40.1 Å². The van der Waals surface area contributed by atoms with Crippen LogP contribution in [0.1, 0.15) is 0 Å². The molecule has 0 fully saturated rings. The molecule has 7 aromatic rings. The maximum atomic E-state index is 2.43. The first-order valence-electron chi connectivity index (χ1n) is 15.0. The summed E-state index contributed by atoms with van der Waals surface area (Å²) in [7, 11) is -5.13. The van der Waals surface area contributed by atoms with Crippen molar-refractivity contribution in [2.45, 2.75) is 0 Å². The maximum absolute atomic E-state index is 2.56. The quantitative estimate of drug-likeness (QED) is 0.263. The molecule has 43 heavy (non-hydrogen) atoms. The molecule has 0 saturated heterocycles. The Bertz CT molecular complexity index is 1880. The molecule has 0 atom stereocenters. The van der Waals surface area contributed by atoms with E-state index in [1.165, 1.54) is 53.4 Å². The lowest BCUT2D eigenvalue weighted by Crippen LogP contribution is -2.74. The van der Waals surface area contributed by atoms with Gasteiger partial charge in [0.2, 0.25) is 0 Å². The number of thiophene rings is 1. The molecule has 3 heterocycles. The summed E-state index contributed by atoms with van der Waals surface area (Å²) >= 11 is 2.14. The van der Waals surface area contributed by atoms with Gasteiger partial charge in [0.15, 0.2) is 16.1 Å². The lowest BCUT2D eigenvalue weighted by atomic mass is 9.99. The van der Waals surface area contributed by atoms with E-state index in [9.17, 15) is 0 Å². The van der Waals surface area contributed by atoms with E-state index in [-0.39, 0.29) is 0 Å². The predicted molar refractivity (Wildman–Crippen MR) is 190 cm³/mol. The molecule has 0 N–H and O–H groups in total. The molecule has 0 unspecified atom stereocenters. The van der Waals surface area contributed by atoms with Gasteiger partial charge < -0.3 is 0 Å². The highest BCUT2D eigenvalue weighted by Crippen LogP contribution is 2.42. The first kappa shape index (κ1) is 25.0. The van der Waals surface area contributed by atoms with Crippen LogP contribution in [-0.2, 0) is 0 Å². The van der Waals surface area contributed by atoms with Gasteiger partial charge in [-0.05, 0) is 42.2 Å². The lowest BCUT2D eigenvalue weighted by Gasteiger charge is -2.32. The van der Waals surface area contributed by atoms with Gasteiger partial charge in [-0.1, -0.05) is 170 Å². The molecule has 0 bridgehead atoms. The number of hydrogen-bond acceptors (Lipinski definition) is 1. The van der Waals surface area contributed by atoms with Gasteiger partial charge in [-0.15, -0.1) is 0 Å². The van der Waals surface area contributed by atoms with Crippen molar-refractivity contribution >= 4 is 67.6 Å². The second kappa shape index (κ2) is 9.48. The van der Waals surface area contributed by atoms with Gasteiger partial charge in [0.25, 0.3) is 0 Å². The van der Waals surface area contributed by atoms with E-state index in [2.05, 4.69) is 181 Å². The molecule has 0 aliphatic carbocycles. The van der Waals surface area contributed by atoms with E-state index < -0.39 is 16.1 Å². The van der Waals surface area contributed by atoms with Crippen molar-refractivity contribution in [3.8, 4) is 22.3 Å². The lowest BCUT2D eigenvalue weighted by molar-refractivity contribution is 1.70. The van der Waals surface area contributed by atoms with Crippen LogP contribution >= 0.6 is 11.3 Å². The number of rotatable bonds is 4. The van der Waals surface area contributed by atoms with Crippen molar-refractivity contribution in [3.05, 3.63) is 170 Å². The van der Waals surface area contributed by atoms with Crippen molar-refractivity contribution in [1.29, 1.82) is 0 Å². The zero-order valence-electron chi connectivity index (χ0n) is 23.6. The minimum absolute atomic E-state index is 1.43. The average Bonchev–Trinajstić information content (AvgIpc) is 3.71. The Balaban J connectivity index is 1.49. The minimum atomic E-state index is -2.56. The van der Waals surface area contributed by atoms with E-state index in [0.29, 0.717) is 0 Å². The molecular formula is C40H28SSi2. The van der Waals surface area contributed by atoms with Crippen LogP contribution in [0.2, 0.25) is 0 Å². The number of benzene rings is 6. The Morgan fingerprint density at radius 2 is 0.581 bits per heavy atom. The Kier molecular flexibility index (Phi) is 5.51. The Morgan fingerprint density at radius 1 is 0.302 bits per heavy atom. The molecule has 1 aromatic heterocycles. The Labute approximate surface area is 258 Å². The van der Waals surface area contributed by atoms with Gasteiger partial charge in [-0.2, -0.15) is 11.3 Å². The van der Waals surface area contributed by atoms with E-state index in [1.54, 1.807) is 9.00 Å². The van der Waals surface area contributed by atoms with E-state index in [0.717, 1.165) is 0 Å². The number of hydrogen-bond donors (Lipinski definition) is 0. The van der Waals surface area contributed by atoms with Crippen molar-refractivity contribution < 1.29 is 0 Å². The van der Waals surface area contributed by atoms with Crippen LogP contribution in [0.3, 0.4) is 0 Å². The zero-order valence-corrected chi connectivity index (χ0v) is 26.4. The third-order valence-electron chi connectivity index (χ3n) is 9.62. The van der Waals surface area contributed by atoms with Gasteiger partial charge in [-0.25, -0.2) is 0 Å². The Morgan fingerprint density at radius 3 is 0.907 bits per heavy atom. The fraction of sp³-hybridized carbons (Fsp3) is 0. The molecule has 0 saturated carbocycles. The highest BCUT2D eigenvalue weighted by molar-refractivity contribution is 7.48. The summed E-state index contributed by atoms with van der Waals surface area (Å²) < 4.78 is 3.18. The normalized spacial score (nSPS) is 14.9. The monoisotopic (exact) mass is 596 g/mol. The molecule has 0 radical (unpaired) electrons. The van der Waals surface area contributed by atoms with Crippen LogP contribution in [0.5, 0.6) is 0 Å². The molecule has 0 nitrogen and oxygen atoms in total. The topological polar surface area (TPSA) is 0 Å². The average molecular weight is 597 g/mol. The summed E-state index contributed by atoms with van der Waals surface area (Å²) in [5.41, 5.74) is 5.83. The molecule has 6 aromatic carbocycles. The predicted octanol–water partition coefficient (Wildman–Crippen LogP) is 4.46. The highest BCUT2D eigenvalue weighted by Gasteiger charge is 2.57.